The van der Waals surface area contributed by atoms with E-state index < -0.39 is 7.92 Å². The number of rotatable bonds is 7. The summed E-state index contributed by atoms with van der Waals surface area (Å²) in [6, 6.07) is 54.4. The number of allylic oxidation sites excluding steroid dienone is 3. The lowest BCUT2D eigenvalue weighted by atomic mass is 9.85. The molecule has 48 heavy (non-hydrogen) atoms. The molecule has 4 heteroatoms. The van der Waals surface area contributed by atoms with Gasteiger partial charge in [0.2, 0.25) is 0 Å². The zero-order valence-electron chi connectivity index (χ0n) is 26.5. The smallest absolute Gasteiger partial charge is 0.260 e. The summed E-state index contributed by atoms with van der Waals surface area (Å²) in [6.07, 6.45) is 9.58. The normalized spacial score (nSPS) is 18.7. The van der Waals surface area contributed by atoms with E-state index in [9.17, 15) is 0 Å². The third kappa shape index (κ3) is 5.72. The summed E-state index contributed by atoms with van der Waals surface area (Å²) in [5, 5.41) is 5.86. The van der Waals surface area contributed by atoms with Crippen LogP contribution in [0, 0.1) is 5.92 Å². The van der Waals surface area contributed by atoms with Crippen molar-refractivity contribution < 1.29 is 4.79 Å². The molecule has 2 aliphatic rings. The maximum atomic E-state index is 15.1. The first-order valence-corrected chi connectivity index (χ1v) is 17.9. The first-order chi connectivity index (χ1) is 23.8. The van der Waals surface area contributed by atoms with Crippen LogP contribution in [-0.4, -0.2) is 22.7 Å². The third-order valence-electron chi connectivity index (χ3n) is 9.32. The van der Waals surface area contributed by atoms with Crippen LogP contribution in [0.15, 0.2) is 187 Å². The zero-order chi connectivity index (χ0) is 32.3. The van der Waals surface area contributed by atoms with Crippen LogP contribution < -0.4 is 15.9 Å². The van der Waals surface area contributed by atoms with Crippen LogP contribution in [0.1, 0.15) is 33.9 Å². The van der Waals surface area contributed by atoms with Crippen LogP contribution >= 0.6 is 7.92 Å². The molecule has 3 nitrogen and oxygen atoms in total. The van der Waals surface area contributed by atoms with Crippen LogP contribution in [0.2, 0.25) is 0 Å². The fourth-order valence-electron chi connectivity index (χ4n) is 7.06. The molecule has 8 rings (SSSR count). The van der Waals surface area contributed by atoms with Gasteiger partial charge in [-0.2, -0.15) is 0 Å². The number of amides is 1. The molecular formula is C44H35N2OP. The summed E-state index contributed by atoms with van der Waals surface area (Å²) in [4.78, 5) is 22.7. The van der Waals surface area contributed by atoms with Gasteiger partial charge in [-0.3, -0.25) is 14.7 Å². The Bertz CT molecular complexity index is 2120. The van der Waals surface area contributed by atoms with E-state index in [4.69, 9.17) is 4.99 Å². The molecule has 1 aliphatic heterocycles. The molecule has 1 amide bonds. The first kappa shape index (κ1) is 30.0. The van der Waals surface area contributed by atoms with Crippen LogP contribution in [-0.2, 0) is 0 Å². The largest absolute Gasteiger partial charge is 0.283 e. The van der Waals surface area contributed by atoms with E-state index in [1.807, 2.05) is 35.2 Å². The van der Waals surface area contributed by atoms with E-state index in [2.05, 4.69) is 152 Å². The molecule has 6 aromatic rings. The first-order valence-electron chi connectivity index (χ1n) is 16.5. The second kappa shape index (κ2) is 13.4. The Morgan fingerprint density at radius 3 is 1.96 bits per heavy atom. The lowest BCUT2D eigenvalue weighted by molar-refractivity contribution is 0.0798. The molecule has 0 saturated heterocycles. The summed E-state index contributed by atoms with van der Waals surface area (Å²) in [7, 11) is -0.940. The van der Waals surface area contributed by atoms with Gasteiger partial charge in [-0.05, 0) is 58.7 Å². The number of fused-ring (bicyclic) bond motifs is 1. The molecular weight excluding hydrogens is 603 g/mol. The highest BCUT2D eigenvalue weighted by Gasteiger charge is 2.45. The summed E-state index contributed by atoms with van der Waals surface area (Å²) >= 11 is 0. The molecule has 0 aromatic heterocycles. The van der Waals surface area contributed by atoms with E-state index in [-0.39, 0.29) is 23.9 Å². The van der Waals surface area contributed by atoms with Crippen molar-refractivity contribution in [2.75, 3.05) is 0 Å². The number of carbonyl (C=O) groups excluding carboxylic acids is 1. The Kier molecular flexibility index (Phi) is 8.37. The average Bonchev–Trinajstić information content (AvgIpc) is 3.57. The Morgan fingerprint density at radius 2 is 1.27 bits per heavy atom. The van der Waals surface area contributed by atoms with Crippen molar-refractivity contribution in [3.05, 3.63) is 199 Å². The summed E-state index contributed by atoms with van der Waals surface area (Å²) in [5.41, 5.74) is 2.75. The highest BCUT2D eigenvalue weighted by Crippen LogP contribution is 2.42. The fourth-order valence-corrected chi connectivity index (χ4v) is 9.51. The predicted molar refractivity (Wildman–Crippen MR) is 201 cm³/mol. The van der Waals surface area contributed by atoms with Crippen LogP contribution in [0.3, 0.4) is 0 Å². The van der Waals surface area contributed by atoms with Crippen LogP contribution in [0.25, 0.3) is 10.8 Å². The quantitative estimate of drug-likeness (QED) is 0.161. The van der Waals surface area contributed by atoms with Gasteiger partial charge in [0.15, 0.2) is 0 Å². The van der Waals surface area contributed by atoms with Gasteiger partial charge < -0.3 is 0 Å². The molecule has 0 fully saturated rings. The Balaban J connectivity index is 1.34. The van der Waals surface area contributed by atoms with Gasteiger partial charge in [0.05, 0.1) is 12.1 Å². The van der Waals surface area contributed by atoms with Gasteiger partial charge in [-0.25, -0.2) is 0 Å². The van der Waals surface area contributed by atoms with E-state index in [1.165, 1.54) is 15.9 Å². The maximum Gasteiger partial charge on any atom is 0.260 e. The molecule has 0 radical (unpaired) electrons. The number of aliphatic imine (C=N–C) groups is 1. The highest BCUT2D eigenvalue weighted by molar-refractivity contribution is 7.80. The minimum absolute atomic E-state index is 0.0373. The molecule has 1 aliphatic carbocycles. The van der Waals surface area contributed by atoms with Crippen molar-refractivity contribution in [2.24, 2.45) is 10.9 Å². The lowest BCUT2D eigenvalue weighted by Crippen LogP contribution is -2.41. The van der Waals surface area contributed by atoms with Crippen molar-refractivity contribution in [1.29, 1.82) is 0 Å². The van der Waals surface area contributed by atoms with Gasteiger partial charge in [-0.1, -0.05) is 170 Å². The standard InChI is InChI=1S/C44H35N2OP/c47-44(36-30-29-32-17-13-14-22-35(32)31-36)46-42(34-20-7-2-8-21-34)41(33-18-5-1-6-19-33)45-43(46)39-27-15-16-28-40(39)48(37-23-9-3-10-24-37)38-25-11-4-12-26-38/h1-18,20-31,33,41-42H,19H2/t33?,41-,42-/m0/s1. The molecule has 0 spiro atoms. The minimum Gasteiger partial charge on any atom is -0.283 e. The van der Waals surface area contributed by atoms with Crippen LogP contribution in [0.5, 0.6) is 0 Å². The maximum absolute atomic E-state index is 15.1. The van der Waals surface area contributed by atoms with Gasteiger partial charge in [0.25, 0.3) is 5.91 Å². The number of carbonyl (C=O) groups is 1. The van der Waals surface area contributed by atoms with E-state index in [1.54, 1.807) is 0 Å². The van der Waals surface area contributed by atoms with Crippen molar-refractivity contribution in [2.45, 2.75) is 18.5 Å². The van der Waals surface area contributed by atoms with Crippen molar-refractivity contribution in [3.63, 3.8) is 0 Å². The van der Waals surface area contributed by atoms with Gasteiger partial charge >= 0.3 is 0 Å². The second-order valence-electron chi connectivity index (χ2n) is 12.3. The number of nitrogens with zero attached hydrogens (tertiary/aromatic N) is 2. The molecule has 1 unspecified atom stereocenters. The van der Waals surface area contributed by atoms with Crippen molar-refractivity contribution >= 4 is 46.4 Å². The SMILES string of the molecule is O=C(c1ccc2ccccc2c1)N1C(c2ccccc2P(c2ccccc2)c2ccccc2)=N[C@@H](C2C=CC=CC2)[C@@H]1c1ccccc1. The van der Waals surface area contributed by atoms with Gasteiger partial charge in [-0.15, -0.1) is 0 Å². The van der Waals surface area contributed by atoms with Crippen LogP contribution in [0.4, 0.5) is 0 Å². The molecule has 6 aromatic carbocycles. The number of amidine groups is 1. The summed E-state index contributed by atoms with van der Waals surface area (Å²) in [6.45, 7) is 0. The summed E-state index contributed by atoms with van der Waals surface area (Å²) in [5.74, 6) is 0.858. The average molecular weight is 639 g/mol. The number of hydrogen-bond donors (Lipinski definition) is 0. The van der Waals surface area contributed by atoms with E-state index in [0.29, 0.717) is 5.56 Å². The molecule has 1 heterocycles. The second-order valence-corrected chi connectivity index (χ2v) is 14.5. The predicted octanol–water partition coefficient (Wildman–Crippen LogP) is 8.74. The molecule has 3 atom stereocenters. The third-order valence-corrected chi connectivity index (χ3v) is 11.8. The molecule has 0 saturated carbocycles. The zero-order valence-corrected chi connectivity index (χ0v) is 27.4. The monoisotopic (exact) mass is 638 g/mol. The van der Waals surface area contributed by atoms with E-state index in [0.717, 1.165) is 34.2 Å². The summed E-state index contributed by atoms with van der Waals surface area (Å²) < 4.78 is 0. The Morgan fingerprint density at radius 1 is 0.646 bits per heavy atom. The molecule has 0 bridgehead atoms. The minimum atomic E-state index is -0.940. The lowest BCUT2D eigenvalue weighted by Gasteiger charge is -2.33. The number of hydrogen-bond acceptors (Lipinski definition) is 2. The molecule has 0 N–H and O–H groups in total. The molecule has 232 valence electrons. The Labute approximate surface area is 283 Å². The van der Waals surface area contributed by atoms with E-state index >= 15 is 4.79 Å². The fraction of sp³-hybridized carbons (Fsp3) is 0.0909. The van der Waals surface area contributed by atoms with Crippen molar-refractivity contribution in [1.82, 2.24) is 4.90 Å². The van der Waals surface area contributed by atoms with Gasteiger partial charge in [0, 0.05) is 17.0 Å². The Hall–Kier alpha value is -5.37. The van der Waals surface area contributed by atoms with Crippen molar-refractivity contribution in [3.8, 4) is 0 Å². The number of benzene rings is 6. The van der Waals surface area contributed by atoms with Gasteiger partial charge in [0.1, 0.15) is 5.84 Å². The topological polar surface area (TPSA) is 32.7 Å². The highest BCUT2D eigenvalue weighted by atomic mass is 31.1.